The largest absolute Gasteiger partial charge is 0.399 e. The molecule has 4 nitrogen and oxygen atoms in total. The molecule has 0 amide bonds. The standard InChI is InChI=1S/C12H17N3O/c1-3-10(7-16-2)15-8-14-11-6-9(13)4-5-12(11)15/h4-6,8,10H,3,7,13H2,1-2H3. The van der Waals surface area contributed by atoms with Gasteiger partial charge in [0.1, 0.15) is 0 Å². The highest BCUT2D eigenvalue weighted by Gasteiger charge is 2.11. The zero-order chi connectivity index (χ0) is 11.5. The highest BCUT2D eigenvalue weighted by atomic mass is 16.5. The normalized spacial score (nSPS) is 13.1. The van der Waals surface area contributed by atoms with Crippen LogP contribution in [-0.2, 0) is 4.74 Å². The minimum absolute atomic E-state index is 0.332. The second kappa shape index (κ2) is 4.53. The Bertz CT molecular complexity index is 478. The van der Waals surface area contributed by atoms with Gasteiger partial charge in [-0.1, -0.05) is 6.92 Å². The van der Waals surface area contributed by atoms with Crippen molar-refractivity contribution >= 4 is 16.7 Å². The average Bonchev–Trinajstić information content (AvgIpc) is 2.68. The van der Waals surface area contributed by atoms with Crippen LogP contribution in [0.2, 0.25) is 0 Å². The summed E-state index contributed by atoms with van der Waals surface area (Å²) in [4.78, 5) is 4.36. The zero-order valence-electron chi connectivity index (χ0n) is 9.68. The van der Waals surface area contributed by atoms with Gasteiger partial charge in [0.2, 0.25) is 0 Å². The lowest BCUT2D eigenvalue weighted by molar-refractivity contribution is 0.155. The van der Waals surface area contributed by atoms with E-state index in [0.717, 1.165) is 23.1 Å². The zero-order valence-corrected chi connectivity index (χ0v) is 9.68. The monoisotopic (exact) mass is 219 g/mol. The van der Waals surface area contributed by atoms with Gasteiger partial charge in [0.05, 0.1) is 30.0 Å². The molecule has 0 aliphatic heterocycles. The van der Waals surface area contributed by atoms with Crippen molar-refractivity contribution < 1.29 is 4.74 Å². The summed E-state index contributed by atoms with van der Waals surface area (Å²) in [6, 6.07) is 6.14. The van der Waals surface area contributed by atoms with Crippen molar-refractivity contribution in [3.63, 3.8) is 0 Å². The highest BCUT2D eigenvalue weighted by molar-refractivity contribution is 5.79. The van der Waals surface area contributed by atoms with E-state index in [1.807, 2.05) is 24.5 Å². The summed E-state index contributed by atoms with van der Waals surface area (Å²) in [5.74, 6) is 0. The number of ether oxygens (including phenoxy) is 1. The van der Waals surface area contributed by atoms with Crippen LogP contribution in [0.3, 0.4) is 0 Å². The first-order valence-corrected chi connectivity index (χ1v) is 5.47. The third kappa shape index (κ3) is 1.88. The Kier molecular flexibility index (Phi) is 3.10. The molecule has 0 aliphatic rings. The molecule has 0 spiro atoms. The average molecular weight is 219 g/mol. The van der Waals surface area contributed by atoms with Crippen molar-refractivity contribution in [2.75, 3.05) is 19.5 Å². The molecule has 16 heavy (non-hydrogen) atoms. The summed E-state index contributed by atoms with van der Waals surface area (Å²) in [7, 11) is 1.72. The maximum atomic E-state index is 5.73. The van der Waals surface area contributed by atoms with Crippen LogP contribution in [0, 0.1) is 0 Å². The number of nitrogens with zero attached hydrogens (tertiary/aromatic N) is 2. The number of hydrogen-bond donors (Lipinski definition) is 1. The number of aromatic nitrogens is 2. The van der Waals surface area contributed by atoms with E-state index in [0.29, 0.717) is 12.6 Å². The number of nitrogen functional groups attached to an aromatic ring is 1. The van der Waals surface area contributed by atoms with Crippen LogP contribution in [0.25, 0.3) is 11.0 Å². The number of nitrogens with two attached hydrogens (primary N) is 1. The molecule has 2 rings (SSSR count). The fourth-order valence-electron chi connectivity index (χ4n) is 1.93. The lowest BCUT2D eigenvalue weighted by Crippen LogP contribution is -2.12. The number of anilines is 1. The molecule has 1 unspecified atom stereocenters. The van der Waals surface area contributed by atoms with Gasteiger partial charge in [-0.2, -0.15) is 0 Å². The Balaban J connectivity index is 2.44. The number of imidazole rings is 1. The molecular formula is C12H17N3O. The quantitative estimate of drug-likeness (QED) is 0.802. The predicted octanol–water partition coefficient (Wildman–Crippen LogP) is 2.22. The first kappa shape index (κ1) is 11.0. The molecule has 1 atom stereocenters. The van der Waals surface area contributed by atoms with E-state index >= 15 is 0 Å². The van der Waals surface area contributed by atoms with Gasteiger partial charge in [0, 0.05) is 12.8 Å². The van der Waals surface area contributed by atoms with Crippen molar-refractivity contribution in [2.24, 2.45) is 0 Å². The summed E-state index contributed by atoms with van der Waals surface area (Å²) >= 11 is 0. The van der Waals surface area contributed by atoms with Crippen molar-refractivity contribution in [2.45, 2.75) is 19.4 Å². The Morgan fingerprint density at radius 1 is 1.50 bits per heavy atom. The number of benzene rings is 1. The fourth-order valence-corrected chi connectivity index (χ4v) is 1.93. The van der Waals surface area contributed by atoms with Gasteiger partial charge < -0.3 is 15.0 Å². The topological polar surface area (TPSA) is 53.1 Å². The molecular weight excluding hydrogens is 202 g/mol. The third-order valence-electron chi connectivity index (χ3n) is 2.82. The van der Waals surface area contributed by atoms with Gasteiger partial charge in [-0.25, -0.2) is 4.98 Å². The summed E-state index contributed by atoms with van der Waals surface area (Å²) < 4.78 is 7.37. The van der Waals surface area contributed by atoms with E-state index in [9.17, 15) is 0 Å². The SMILES string of the molecule is CCC(COC)n1cnc2cc(N)ccc21. The molecule has 86 valence electrons. The summed E-state index contributed by atoms with van der Waals surface area (Å²) in [5, 5.41) is 0. The molecule has 2 aromatic rings. The second-order valence-corrected chi connectivity index (χ2v) is 3.92. The van der Waals surface area contributed by atoms with E-state index < -0.39 is 0 Å². The molecule has 0 bridgehead atoms. The van der Waals surface area contributed by atoms with E-state index in [2.05, 4.69) is 16.5 Å². The minimum Gasteiger partial charge on any atom is -0.399 e. The molecule has 0 aliphatic carbocycles. The number of fused-ring (bicyclic) bond motifs is 1. The molecule has 0 saturated heterocycles. The van der Waals surface area contributed by atoms with Crippen LogP contribution in [0.4, 0.5) is 5.69 Å². The molecule has 0 radical (unpaired) electrons. The van der Waals surface area contributed by atoms with Crippen molar-refractivity contribution in [1.29, 1.82) is 0 Å². The Labute approximate surface area is 95.0 Å². The first-order valence-electron chi connectivity index (χ1n) is 5.47. The van der Waals surface area contributed by atoms with E-state index in [4.69, 9.17) is 10.5 Å². The summed E-state index contributed by atoms with van der Waals surface area (Å²) in [5.41, 5.74) is 8.52. The Morgan fingerprint density at radius 3 is 3.00 bits per heavy atom. The molecule has 1 aromatic carbocycles. The van der Waals surface area contributed by atoms with Crippen molar-refractivity contribution in [1.82, 2.24) is 9.55 Å². The molecule has 1 heterocycles. The second-order valence-electron chi connectivity index (χ2n) is 3.92. The minimum atomic E-state index is 0.332. The summed E-state index contributed by atoms with van der Waals surface area (Å²) in [6.07, 6.45) is 2.88. The third-order valence-corrected chi connectivity index (χ3v) is 2.82. The van der Waals surface area contributed by atoms with Crippen LogP contribution < -0.4 is 5.73 Å². The lowest BCUT2D eigenvalue weighted by atomic mass is 10.2. The van der Waals surface area contributed by atoms with E-state index in [1.54, 1.807) is 7.11 Å². The van der Waals surface area contributed by atoms with Gasteiger partial charge in [-0.05, 0) is 24.6 Å². The highest BCUT2D eigenvalue weighted by Crippen LogP contribution is 2.21. The van der Waals surface area contributed by atoms with Gasteiger partial charge in [-0.3, -0.25) is 0 Å². The smallest absolute Gasteiger partial charge is 0.0961 e. The van der Waals surface area contributed by atoms with Crippen molar-refractivity contribution in [3.05, 3.63) is 24.5 Å². The maximum Gasteiger partial charge on any atom is 0.0961 e. The number of methoxy groups -OCH3 is 1. The van der Waals surface area contributed by atoms with Gasteiger partial charge in [0.15, 0.2) is 0 Å². The predicted molar refractivity (Wildman–Crippen MR) is 65.3 cm³/mol. The molecule has 2 N–H and O–H groups in total. The van der Waals surface area contributed by atoms with Gasteiger partial charge in [0.25, 0.3) is 0 Å². The van der Waals surface area contributed by atoms with Crippen LogP contribution in [0.5, 0.6) is 0 Å². The van der Waals surface area contributed by atoms with Crippen LogP contribution in [-0.4, -0.2) is 23.3 Å². The van der Waals surface area contributed by atoms with Gasteiger partial charge in [-0.15, -0.1) is 0 Å². The first-order chi connectivity index (χ1) is 7.76. The molecule has 0 saturated carbocycles. The van der Waals surface area contributed by atoms with Gasteiger partial charge >= 0.3 is 0 Å². The Morgan fingerprint density at radius 2 is 2.31 bits per heavy atom. The summed E-state index contributed by atoms with van der Waals surface area (Å²) in [6.45, 7) is 2.85. The van der Waals surface area contributed by atoms with Crippen LogP contribution >= 0.6 is 0 Å². The molecule has 0 fully saturated rings. The fraction of sp³-hybridized carbons (Fsp3) is 0.417. The van der Waals surface area contributed by atoms with E-state index in [1.165, 1.54) is 0 Å². The maximum absolute atomic E-state index is 5.73. The molecule has 4 heteroatoms. The lowest BCUT2D eigenvalue weighted by Gasteiger charge is -2.16. The van der Waals surface area contributed by atoms with Crippen LogP contribution in [0.1, 0.15) is 19.4 Å². The molecule has 1 aromatic heterocycles. The van der Waals surface area contributed by atoms with Crippen molar-refractivity contribution in [3.8, 4) is 0 Å². The van der Waals surface area contributed by atoms with E-state index in [-0.39, 0.29) is 0 Å². The van der Waals surface area contributed by atoms with Crippen LogP contribution in [0.15, 0.2) is 24.5 Å². The number of rotatable bonds is 4. The Hall–Kier alpha value is -1.55. The number of hydrogen-bond acceptors (Lipinski definition) is 3.